The van der Waals surface area contributed by atoms with Crippen LogP contribution in [0.4, 0.5) is 0 Å². The quantitative estimate of drug-likeness (QED) is 0.646. The van der Waals surface area contributed by atoms with E-state index in [0.717, 1.165) is 6.42 Å². The summed E-state index contributed by atoms with van der Waals surface area (Å²) in [5, 5.41) is 18.4. The second-order valence-corrected chi connectivity index (χ2v) is 4.38. The van der Waals surface area contributed by atoms with Gasteiger partial charge in [-0.3, -0.25) is 0 Å². The van der Waals surface area contributed by atoms with Gasteiger partial charge in [0.1, 0.15) is 0 Å². The van der Waals surface area contributed by atoms with E-state index in [9.17, 15) is 9.90 Å². The molecule has 0 bridgehead atoms. The van der Waals surface area contributed by atoms with Gasteiger partial charge in [-0.25, -0.2) is 4.79 Å². The van der Waals surface area contributed by atoms with Crippen molar-refractivity contribution in [2.24, 2.45) is 5.41 Å². The van der Waals surface area contributed by atoms with E-state index in [1.807, 2.05) is 20.8 Å². The second-order valence-electron chi connectivity index (χ2n) is 4.38. The lowest BCUT2D eigenvalue weighted by molar-refractivity contribution is -0.133. The molecule has 82 valence electrons. The number of aliphatic carboxylic acids is 1. The first-order chi connectivity index (χ1) is 6.31. The summed E-state index contributed by atoms with van der Waals surface area (Å²) in [5.41, 5.74) is -0.254. The van der Waals surface area contributed by atoms with Gasteiger partial charge in [0.2, 0.25) is 0 Å². The summed E-state index contributed by atoms with van der Waals surface area (Å²) in [6, 6.07) is 0. The fraction of sp³-hybridized carbons (Fsp3) is 0.727. The van der Waals surface area contributed by atoms with E-state index in [0.29, 0.717) is 12.8 Å². The van der Waals surface area contributed by atoms with Gasteiger partial charge in [-0.2, -0.15) is 0 Å². The highest BCUT2D eigenvalue weighted by molar-refractivity contribution is 5.85. The summed E-state index contributed by atoms with van der Waals surface area (Å²) in [5.74, 6) is -0.984. The lowest BCUT2D eigenvalue weighted by atomic mass is 9.79. The molecule has 0 amide bonds. The Morgan fingerprint density at radius 1 is 1.50 bits per heavy atom. The van der Waals surface area contributed by atoms with Gasteiger partial charge in [-0.05, 0) is 18.3 Å². The minimum Gasteiger partial charge on any atom is -0.478 e. The number of carboxylic acid groups (broad SMARTS) is 1. The Kier molecular flexibility index (Phi) is 4.85. The molecule has 0 aliphatic heterocycles. The first-order valence-corrected chi connectivity index (χ1v) is 4.90. The van der Waals surface area contributed by atoms with Crippen LogP contribution in [-0.2, 0) is 4.79 Å². The van der Waals surface area contributed by atoms with Crippen LogP contribution in [0.25, 0.3) is 0 Å². The molecule has 0 aromatic heterocycles. The first-order valence-electron chi connectivity index (χ1n) is 4.90. The lowest BCUT2D eigenvalue weighted by Crippen LogP contribution is -2.30. The predicted octanol–water partition coefficient (Wildman–Crippen LogP) is 2.20. The Hall–Kier alpha value is -0.830. The zero-order valence-corrected chi connectivity index (χ0v) is 9.21. The maximum atomic E-state index is 10.6. The van der Waals surface area contributed by atoms with Crippen LogP contribution in [0.2, 0.25) is 0 Å². The van der Waals surface area contributed by atoms with Crippen molar-refractivity contribution in [3.05, 3.63) is 12.2 Å². The van der Waals surface area contributed by atoms with E-state index < -0.39 is 17.5 Å². The smallest absolute Gasteiger partial charge is 0.330 e. The van der Waals surface area contributed by atoms with E-state index in [1.54, 1.807) is 0 Å². The molecular formula is C11H20O3. The fourth-order valence-electron chi connectivity index (χ4n) is 1.41. The largest absolute Gasteiger partial charge is 0.478 e. The van der Waals surface area contributed by atoms with Crippen molar-refractivity contribution in [3.63, 3.8) is 0 Å². The molecule has 2 N–H and O–H groups in total. The number of aliphatic hydroxyl groups excluding tert-OH is 1. The van der Waals surface area contributed by atoms with Crippen molar-refractivity contribution in [1.29, 1.82) is 0 Å². The molecule has 1 unspecified atom stereocenters. The summed E-state index contributed by atoms with van der Waals surface area (Å²) in [7, 11) is 0. The number of hydrogen-bond donors (Lipinski definition) is 2. The molecule has 0 aliphatic carbocycles. The fourth-order valence-corrected chi connectivity index (χ4v) is 1.41. The van der Waals surface area contributed by atoms with Gasteiger partial charge in [0.25, 0.3) is 0 Å². The molecule has 1 atom stereocenters. The van der Waals surface area contributed by atoms with Crippen molar-refractivity contribution in [3.8, 4) is 0 Å². The van der Waals surface area contributed by atoms with Gasteiger partial charge in [0.15, 0.2) is 0 Å². The third kappa shape index (κ3) is 3.92. The second kappa shape index (κ2) is 5.15. The maximum absolute atomic E-state index is 10.6. The van der Waals surface area contributed by atoms with Crippen molar-refractivity contribution < 1.29 is 15.0 Å². The lowest BCUT2D eigenvalue weighted by Gasteiger charge is -2.30. The topological polar surface area (TPSA) is 57.5 Å². The van der Waals surface area contributed by atoms with E-state index in [4.69, 9.17) is 5.11 Å². The molecule has 0 aliphatic rings. The van der Waals surface area contributed by atoms with Crippen molar-refractivity contribution in [2.45, 2.75) is 46.1 Å². The minimum atomic E-state index is -0.984. The summed E-state index contributed by atoms with van der Waals surface area (Å²) in [4.78, 5) is 10.6. The molecular weight excluding hydrogens is 180 g/mol. The normalized spacial score (nSPS) is 13.7. The Morgan fingerprint density at radius 2 is 2.00 bits per heavy atom. The van der Waals surface area contributed by atoms with Crippen molar-refractivity contribution >= 4 is 5.97 Å². The number of rotatable bonds is 6. The summed E-state index contributed by atoms with van der Waals surface area (Å²) >= 11 is 0. The van der Waals surface area contributed by atoms with Gasteiger partial charge < -0.3 is 10.2 Å². The molecule has 0 spiro atoms. The van der Waals surface area contributed by atoms with Crippen LogP contribution in [0.1, 0.15) is 40.0 Å². The van der Waals surface area contributed by atoms with Gasteiger partial charge in [-0.15, -0.1) is 0 Å². The molecule has 0 aromatic carbocycles. The van der Waals surface area contributed by atoms with Gasteiger partial charge >= 0.3 is 5.97 Å². The molecule has 0 saturated heterocycles. The maximum Gasteiger partial charge on any atom is 0.330 e. The Labute approximate surface area is 85.4 Å². The summed E-state index contributed by atoms with van der Waals surface area (Å²) < 4.78 is 0. The number of hydrogen-bond acceptors (Lipinski definition) is 2. The van der Waals surface area contributed by atoms with Crippen LogP contribution in [0.15, 0.2) is 12.2 Å². The zero-order valence-electron chi connectivity index (χ0n) is 9.21. The SMILES string of the molecule is C=C(CC(C)(C)C(O)CCC)C(=O)O. The third-order valence-corrected chi connectivity index (χ3v) is 2.44. The Balaban J connectivity index is 4.32. The summed E-state index contributed by atoms with van der Waals surface area (Å²) in [6.07, 6.45) is 1.44. The molecule has 0 fully saturated rings. The van der Waals surface area contributed by atoms with Crippen LogP contribution in [0.3, 0.4) is 0 Å². The van der Waals surface area contributed by atoms with Crippen LogP contribution in [0.5, 0.6) is 0 Å². The van der Waals surface area contributed by atoms with Crippen molar-refractivity contribution in [1.82, 2.24) is 0 Å². The van der Waals surface area contributed by atoms with Crippen LogP contribution >= 0.6 is 0 Å². The van der Waals surface area contributed by atoms with E-state index >= 15 is 0 Å². The highest BCUT2D eigenvalue weighted by Crippen LogP contribution is 2.30. The molecule has 0 heterocycles. The molecule has 3 nitrogen and oxygen atoms in total. The number of carboxylic acids is 1. The highest BCUT2D eigenvalue weighted by atomic mass is 16.4. The number of carbonyl (C=O) groups is 1. The van der Waals surface area contributed by atoms with Crippen LogP contribution < -0.4 is 0 Å². The first kappa shape index (κ1) is 13.2. The molecule has 0 radical (unpaired) electrons. The zero-order chi connectivity index (χ0) is 11.4. The molecule has 0 rings (SSSR count). The van der Waals surface area contributed by atoms with Gasteiger partial charge in [0, 0.05) is 5.57 Å². The van der Waals surface area contributed by atoms with Gasteiger partial charge in [-0.1, -0.05) is 33.8 Å². The van der Waals surface area contributed by atoms with E-state index in [1.165, 1.54) is 0 Å². The van der Waals surface area contributed by atoms with Gasteiger partial charge in [0.05, 0.1) is 6.10 Å². The summed E-state index contributed by atoms with van der Waals surface area (Å²) in [6.45, 7) is 9.19. The number of aliphatic hydroxyl groups is 1. The van der Waals surface area contributed by atoms with Crippen molar-refractivity contribution in [2.75, 3.05) is 0 Å². The third-order valence-electron chi connectivity index (χ3n) is 2.44. The standard InChI is InChI=1S/C11H20O3/c1-5-6-9(12)11(3,4)7-8(2)10(13)14/h9,12H,2,5-7H2,1,3-4H3,(H,13,14). The molecule has 14 heavy (non-hydrogen) atoms. The minimum absolute atomic E-state index is 0.158. The van der Waals surface area contributed by atoms with Crippen LogP contribution in [0, 0.1) is 5.41 Å². The Morgan fingerprint density at radius 3 is 2.36 bits per heavy atom. The molecule has 0 aromatic rings. The van der Waals surface area contributed by atoms with E-state index in [-0.39, 0.29) is 5.57 Å². The molecule has 0 saturated carbocycles. The highest BCUT2D eigenvalue weighted by Gasteiger charge is 2.29. The Bertz CT molecular complexity index is 219. The van der Waals surface area contributed by atoms with Crippen LogP contribution in [-0.4, -0.2) is 22.3 Å². The monoisotopic (exact) mass is 200 g/mol. The average molecular weight is 200 g/mol. The predicted molar refractivity (Wildman–Crippen MR) is 56.1 cm³/mol. The molecule has 3 heteroatoms. The average Bonchev–Trinajstić information content (AvgIpc) is 2.03. The van der Waals surface area contributed by atoms with E-state index in [2.05, 4.69) is 6.58 Å².